The number of sulfonamides is 1. The van der Waals surface area contributed by atoms with E-state index in [2.05, 4.69) is 15.0 Å². The normalized spacial score (nSPS) is 15.8. The highest BCUT2D eigenvalue weighted by molar-refractivity contribution is 7.89. The molecule has 30 heavy (non-hydrogen) atoms. The van der Waals surface area contributed by atoms with Gasteiger partial charge in [0.2, 0.25) is 10.0 Å². The number of pyridine rings is 1. The maximum Gasteiger partial charge on any atom is 0.411 e. The van der Waals surface area contributed by atoms with Crippen LogP contribution in [0.15, 0.2) is 47.5 Å². The van der Waals surface area contributed by atoms with E-state index < -0.39 is 22.8 Å². The molecule has 1 aromatic carbocycles. The molecule has 0 atom stereocenters. The van der Waals surface area contributed by atoms with Crippen LogP contribution in [-0.4, -0.2) is 56.8 Å². The van der Waals surface area contributed by atoms with Crippen molar-refractivity contribution in [3.63, 3.8) is 0 Å². The maximum absolute atomic E-state index is 12.6. The van der Waals surface area contributed by atoms with Crippen molar-refractivity contribution in [2.45, 2.75) is 24.2 Å². The monoisotopic (exact) mass is 445 g/mol. The zero-order valence-corrected chi connectivity index (χ0v) is 16.9. The van der Waals surface area contributed by atoms with Gasteiger partial charge in [-0.05, 0) is 23.3 Å². The predicted octanol–water partition coefficient (Wildman–Crippen LogP) is 2.79. The number of hydrogen-bond acceptors (Lipinski definition) is 6. The minimum Gasteiger partial charge on any atom is -0.379 e. The predicted molar refractivity (Wildman–Crippen MR) is 103 cm³/mol. The lowest BCUT2D eigenvalue weighted by atomic mass is 10.1. The van der Waals surface area contributed by atoms with Gasteiger partial charge in [0.15, 0.2) is 0 Å². The van der Waals surface area contributed by atoms with Crippen LogP contribution in [-0.2, 0) is 32.6 Å². The second kappa shape index (κ2) is 9.73. The fourth-order valence-electron chi connectivity index (χ4n) is 2.80. The van der Waals surface area contributed by atoms with Crippen molar-refractivity contribution in [3.8, 4) is 0 Å². The molecule has 7 nitrogen and oxygen atoms in total. The zero-order chi connectivity index (χ0) is 21.6. The summed E-state index contributed by atoms with van der Waals surface area (Å²) in [4.78, 5) is 4.28. The highest BCUT2D eigenvalue weighted by Gasteiger charge is 2.27. The summed E-state index contributed by atoms with van der Waals surface area (Å²) in [7, 11) is -3.59. The Kier molecular flexibility index (Phi) is 7.29. The molecule has 1 aromatic heterocycles. The SMILES string of the molecule is O=S(=O)(c1ccc(NCc2ccc(COCC(F)(F)F)cc2)nc1)N1CCOCC1. The molecule has 1 aliphatic rings. The Hall–Kier alpha value is -2.21. The molecule has 0 radical (unpaired) electrons. The topological polar surface area (TPSA) is 80.8 Å². The summed E-state index contributed by atoms with van der Waals surface area (Å²) in [5, 5.41) is 3.08. The third-order valence-corrected chi connectivity index (χ3v) is 6.26. The lowest BCUT2D eigenvalue weighted by Gasteiger charge is -2.25. The number of alkyl halides is 3. The van der Waals surface area contributed by atoms with E-state index >= 15 is 0 Å². The van der Waals surface area contributed by atoms with Crippen molar-refractivity contribution in [2.75, 3.05) is 38.2 Å². The van der Waals surface area contributed by atoms with E-state index in [0.29, 0.717) is 44.2 Å². The number of ether oxygens (including phenoxy) is 2. The first-order valence-corrected chi connectivity index (χ1v) is 10.7. The standard InChI is InChI=1S/C19H22F3N3O4S/c20-19(21,22)14-29-13-16-3-1-15(2-4-16)11-23-18-6-5-17(12-24-18)30(26,27)25-7-9-28-10-8-25/h1-6,12H,7-11,13-14H2,(H,23,24). The van der Waals surface area contributed by atoms with E-state index in [-0.39, 0.29) is 11.5 Å². The Morgan fingerprint density at radius 3 is 2.33 bits per heavy atom. The average molecular weight is 445 g/mol. The molecule has 164 valence electrons. The second-order valence-electron chi connectivity index (χ2n) is 6.67. The van der Waals surface area contributed by atoms with E-state index in [9.17, 15) is 21.6 Å². The fourth-order valence-corrected chi connectivity index (χ4v) is 4.16. The minimum atomic E-state index is -4.34. The number of nitrogens with zero attached hydrogens (tertiary/aromatic N) is 2. The third-order valence-electron chi connectivity index (χ3n) is 4.38. The molecule has 0 aliphatic carbocycles. The maximum atomic E-state index is 12.6. The van der Waals surface area contributed by atoms with Crippen LogP contribution in [0.2, 0.25) is 0 Å². The smallest absolute Gasteiger partial charge is 0.379 e. The molecular formula is C19H22F3N3O4S. The molecule has 2 aromatic rings. The van der Waals surface area contributed by atoms with Crippen LogP contribution in [0.3, 0.4) is 0 Å². The number of rotatable bonds is 8. The Morgan fingerprint density at radius 1 is 1.07 bits per heavy atom. The summed E-state index contributed by atoms with van der Waals surface area (Å²) in [6.07, 6.45) is -3.03. The molecule has 0 saturated carbocycles. The van der Waals surface area contributed by atoms with Crippen LogP contribution in [0.5, 0.6) is 0 Å². The van der Waals surface area contributed by atoms with Crippen LogP contribution in [0.1, 0.15) is 11.1 Å². The second-order valence-corrected chi connectivity index (χ2v) is 8.61. The van der Waals surface area contributed by atoms with Gasteiger partial charge >= 0.3 is 6.18 Å². The fraction of sp³-hybridized carbons (Fsp3) is 0.421. The average Bonchev–Trinajstić information content (AvgIpc) is 2.73. The number of anilines is 1. The molecule has 3 rings (SSSR count). The Bertz CT molecular complexity index is 914. The molecule has 11 heteroatoms. The Labute approximate surface area is 172 Å². The van der Waals surface area contributed by atoms with E-state index in [1.54, 1.807) is 30.3 Å². The molecule has 0 amide bonds. The van der Waals surface area contributed by atoms with Gasteiger partial charge in [0.1, 0.15) is 17.3 Å². The van der Waals surface area contributed by atoms with Gasteiger partial charge in [-0.2, -0.15) is 17.5 Å². The lowest BCUT2D eigenvalue weighted by Crippen LogP contribution is -2.40. The molecular weight excluding hydrogens is 423 g/mol. The van der Waals surface area contributed by atoms with Crippen molar-refractivity contribution in [2.24, 2.45) is 0 Å². The summed E-state index contributed by atoms with van der Waals surface area (Å²) in [5.74, 6) is 0.508. The van der Waals surface area contributed by atoms with Gasteiger partial charge in [0.05, 0.1) is 19.8 Å². The van der Waals surface area contributed by atoms with Crippen LogP contribution >= 0.6 is 0 Å². The number of morpholine rings is 1. The van der Waals surface area contributed by atoms with Crippen LogP contribution < -0.4 is 5.32 Å². The largest absolute Gasteiger partial charge is 0.411 e. The summed E-state index contributed by atoms with van der Waals surface area (Å²) in [6.45, 7) is 0.414. The molecule has 2 heterocycles. The van der Waals surface area contributed by atoms with Crippen molar-refractivity contribution in [1.29, 1.82) is 0 Å². The quantitative estimate of drug-likeness (QED) is 0.673. The number of nitrogens with one attached hydrogen (secondary N) is 1. The van der Waals surface area contributed by atoms with Crippen LogP contribution in [0.4, 0.5) is 19.0 Å². The first-order valence-electron chi connectivity index (χ1n) is 9.24. The zero-order valence-electron chi connectivity index (χ0n) is 16.1. The van der Waals surface area contributed by atoms with Gasteiger partial charge in [-0.25, -0.2) is 13.4 Å². The van der Waals surface area contributed by atoms with Gasteiger partial charge in [-0.15, -0.1) is 0 Å². The molecule has 1 aliphatic heterocycles. The van der Waals surface area contributed by atoms with Crippen molar-refractivity contribution in [1.82, 2.24) is 9.29 Å². The third kappa shape index (κ3) is 6.39. The molecule has 1 N–H and O–H groups in total. The van der Waals surface area contributed by atoms with E-state index in [1.807, 2.05) is 0 Å². The lowest BCUT2D eigenvalue weighted by molar-refractivity contribution is -0.176. The molecule has 0 spiro atoms. The Morgan fingerprint density at radius 2 is 1.73 bits per heavy atom. The van der Waals surface area contributed by atoms with E-state index in [0.717, 1.165) is 5.56 Å². The number of halogens is 3. The highest BCUT2D eigenvalue weighted by Crippen LogP contribution is 2.18. The van der Waals surface area contributed by atoms with Gasteiger partial charge in [0.25, 0.3) is 0 Å². The molecule has 1 fully saturated rings. The summed E-state index contributed by atoms with van der Waals surface area (Å²) < 4.78 is 72.6. The van der Waals surface area contributed by atoms with E-state index in [1.165, 1.54) is 16.6 Å². The highest BCUT2D eigenvalue weighted by atomic mass is 32.2. The van der Waals surface area contributed by atoms with Crippen LogP contribution in [0, 0.1) is 0 Å². The summed E-state index contributed by atoms with van der Waals surface area (Å²) in [6, 6.07) is 10.0. The summed E-state index contributed by atoms with van der Waals surface area (Å²) >= 11 is 0. The Balaban J connectivity index is 1.51. The van der Waals surface area contributed by atoms with E-state index in [4.69, 9.17) is 4.74 Å². The van der Waals surface area contributed by atoms with Crippen molar-refractivity contribution in [3.05, 3.63) is 53.7 Å². The van der Waals surface area contributed by atoms with Gasteiger partial charge < -0.3 is 14.8 Å². The molecule has 1 saturated heterocycles. The summed E-state index contributed by atoms with van der Waals surface area (Å²) in [5.41, 5.74) is 1.53. The van der Waals surface area contributed by atoms with Crippen molar-refractivity contribution < 1.29 is 31.1 Å². The van der Waals surface area contributed by atoms with Gasteiger partial charge in [-0.3, -0.25) is 0 Å². The number of hydrogen-bond donors (Lipinski definition) is 1. The first kappa shape index (κ1) is 22.5. The number of benzene rings is 1. The molecule has 0 unspecified atom stereocenters. The van der Waals surface area contributed by atoms with Crippen LogP contribution in [0.25, 0.3) is 0 Å². The molecule has 0 bridgehead atoms. The van der Waals surface area contributed by atoms with Gasteiger partial charge in [0, 0.05) is 25.8 Å². The van der Waals surface area contributed by atoms with Gasteiger partial charge in [-0.1, -0.05) is 24.3 Å². The minimum absolute atomic E-state index is 0.117. The van der Waals surface area contributed by atoms with Crippen molar-refractivity contribution >= 4 is 15.8 Å². The first-order chi connectivity index (χ1) is 14.2. The number of aromatic nitrogens is 1.